The summed E-state index contributed by atoms with van der Waals surface area (Å²) in [5.74, 6) is 0.643. The molecule has 0 aromatic heterocycles. The Morgan fingerprint density at radius 1 is 1.47 bits per heavy atom. The van der Waals surface area contributed by atoms with Crippen molar-refractivity contribution in [3.63, 3.8) is 0 Å². The van der Waals surface area contributed by atoms with Crippen molar-refractivity contribution in [2.24, 2.45) is 11.7 Å². The molecule has 1 aromatic carbocycles. The van der Waals surface area contributed by atoms with E-state index in [2.05, 4.69) is 24.0 Å². The quantitative estimate of drug-likeness (QED) is 0.783. The smallest absolute Gasteiger partial charge is 0.0317 e. The van der Waals surface area contributed by atoms with E-state index in [1.807, 2.05) is 12.1 Å². The third kappa shape index (κ3) is 3.45. The number of piperidine rings is 1. The minimum absolute atomic E-state index is 0.304. The maximum atomic E-state index is 6.00. The highest BCUT2D eigenvalue weighted by Gasteiger charge is 2.22. The number of likely N-dealkylation sites (tertiary alicyclic amines) is 1. The van der Waals surface area contributed by atoms with E-state index in [0.717, 1.165) is 18.8 Å². The van der Waals surface area contributed by atoms with Gasteiger partial charge in [-0.2, -0.15) is 0 Å². The number of nitrogens with two attached hydrogens (primary N) is 2. The van der Waals surface area contributed by atoms with Crippen LogP contribution in [-0.4, -0.2) is 24.0 Å². The lowest BCUT2D eigenvalue weighted by Crippen LogP contribution is -2.41. The Hall–Kier alpha value is -1.06. The Morgan fingerprint density at radius 2 is 2.29 bits per heavy atom. The van der Waals surface area contributed by atoms with E-state index in [1.54, 1.807) is 0 Å². The van der Waals surface area contributed by atoms with Crippen LogP contribution in [-0.2, 0) is 6.54 Å². The van der Waals surface area contributed by atoms with Gasteiger partial charge in [-0.25, -0.2) is 0 Å². The van der Waals surface area contributed by atoms with Crippen molar-refractivity contribution in [1.82, 2.24) is 4.90 Å². The minimum Gasteiger partial charge on any atom is -0.399 e. The highest BCUT2D eigenvalue weighted by atomic mass is 15.1. The van der Waals surface area contributed by atoms with Crippen molar-refractivity contribution >= 4 is 5.69 Å². The summed E-state index contributed by atoms with van der Waals surface area (Å²) in [5, 5.41) is 0. The molecule has 1 heterocycles. The molecule has 2 unspecified atom stereocenters. The van der Waals surface area contributed by atoms with E-state index in [9.17, 15) is 0 Å². The molecule has 1 fully saturated rings. The maximum Gasteiger partial charge on any atom is 0.0317 e. The van der Waals surface area contributed by atoms with Gasteiger partial charge >= 0.3 is 0 Å². The average molecular weight is 233 g/mol. The molecule has 0 spiro atoms. The predicted octanol–water partition coefficient (Wildman–Crippen LogP) is 1.83. The number of nitrogen functional groups attached to an aromatic ring is 1. The van der Waals surface area contributed by atoms with Crippen LogP contribution >= 0.6 is 0 Å². The van der Waals surface area contributed by atoms with Crippen LogP contribution in [0.1, 0.15) is 25.3 Å². The lowest BCUT2D eigenvalue weighted by atomic mass is 9.92. The van der Waals surface area contributed by atoms with Gasteiger partial charge in [0.15, 0.2) is 0 Å². The zero-order valence-electron chi connectivity index (χ0n) is 10.6. The molecule has 3 nitrogen and oxygen atoms in total. The summed E-state index contributed by atoms with van der Waals surface area (Å²) in [4.78, 5) is 2.49. The third-order valence-corrected chi connectivity index (χ3v) is 3.64. The molecule has 0 amide bonds. The van der Waals surface area contributed by atoms with Gasteiger partial charge < -0.3 is 11.5 Å². The molecule has 0 bridgehead atoms. The molecule has 2 atom stereocenters. The van der Waals surface area contributed by atoms with Crippen LogP contribution in [0, 0.1) is 5.92 Å². The number of hydrogen-bond donors (Lipinski definition) is 2. The molecule has 3 heteroatoms. The summed E-state index contributed by atoms with van der Waals surface area (Å²) in [6.45, 7) is 5.41. The van der Waals surface area contributed by atoms with E-state index in [1.165, 1.54) is 24.9 Å². The van der Waals surface area contributed by atoms with Crippen LogP contribution in [0.15, 0.2) is 24.3 Å². The molecule has 1 aromatic rings. The van der Waals surface area contributed by atoms with Crippen LogP contribution in [0.4, 0.5) is 5.69 Å². The molecule has 94 valence electrons. The van der Waals surface area contributed by atoms with Crippen molar-refractivity contribution in [2.45, 2.75) is 32.4 Å². The van der Waals surface area contributed by atoms with Crippen molar-refractivity contribution in [1.29, 1.82) is 0 Å². The van der Waals surface area contributed by atoms with Crippen LogP contribution in [0.5, 0.6) is 0 Å². The first kappa shape index (κ1) is 12.4. The molecule has 4 N–H and O–H groups in total. The highest BCUT2D eigenvalue weighted by molar-refractivity contribution is 5.40. The van der Waals surface area contributed by atoms with Gasteiger partial charge in [0.05, 0.1) is 0 Å². The largest absolute Gasteiger partial charge is 0.399 e. The average Bonchev–Trinajstić information content (AvgIpc) is 2.29. The molecule has 17 heavy (non-hydrogen) atoms. The second kappa shape index (κ2) is 5.52. The van der Waals surface area contributed by atoms with Crippen LogP contribution < -0.4 is 11.5 Å². The van der Waals surface area contributed by atoms with Gasteiger partial charge in [0.2, 0.25) is 0 Å². The number of anilines is 1. The zero-order chi connectivity index (χ0) is 12.3. The Labute approximate surface area is 104 Å². The summed E-state index contributed by atoms with van der Waals surface area (Å²) in [7, 11) is 0. The molecule has 1 saturated heterocycles. The van der Waals surface area contributed by atoms with Crippen LogP contribution in [0.2, 0.25) is 0 Å². The van der Waals surface area contributed by atoms with E-state index in [4.69, 9.17) is 11.5 Å². The Kier molecular flexibility index (Phi) is 4.02. The summed E-state index contributed by atoms with van der Waals surface area (Å²) < 4.78 is 0. The second-order valence-electron chi connectivity index (χ2n) is 5.24. The van der Waals surface area contributed by atoms with E-state index in [0.29, 0.717) is 12.0 Å². The normalized spacial score (nSPS) is 23.5. The van der Waals surface area contributed by atoms with Gasteiger partial charge in [0.1, 0.15) is 0 Å². The molecule has 0 radical (unpaired) electrons. The summed E-state index contributed by atoms with van der Waals surface area (Å²) in [6.07, 6.45) is 2.53. The van der Waals surface area contributed by atoms with Gasteiger partial charge in [-0.1, -0.05) is 12.1 Å². The second-order valence-corrected chi connectivity index (χ2v) is 5.24. The topological polar surface area (TPSA) is 55.3 Å². The summed E-state index contributed by atoms with van der Waals surface area (Å²) >= 11 is 0. The molecular formula is C14H23N3. The Balaban J connectivity index is 1.94. The SMILES string of the molecule is CC(N)C1CCCN(Cc2cccc(N)c2)C1. The zero-order valence-corrected chi connectivity index (χ0v) is 10.6. The monoisotopic (exact) mass is 233 g/mol. The Morgan fingerprint density at radius 3 is 3.00 bits per heavy atom. The van der Waals surface area contributed by atoms with Gasteiger partial charge in [-0.15, -0.1) is 0 Å². The molecule has 0 aliphatic carbocycles. The highest BCUT2D eigenvalue weighted by Crippen LogP contribution is 2.20. The first-order valence-electron chi connectivity index (χ1n) is 6.47. The van der Waals surface area contributed by atoms with E-state index in [-0.39, 0.29) is 0 Å². The third-order valence-electron chi connectivity index (χ3n) is 3.64. The fourth-order valence-corrected chi connectivity index (χ4v) is 2.61. The maximum absolute atomic E-state index is 6.00. The van der Waals surface area contributed by atoms with Crippen LogP contribution in [0.25, 0.3) is 0 Å². The number of nitrogens with zero attached hydrogens (tertiary/aromatic N) is 1. The van der Waals surface area contributed by atoms with Crippen molar-refractivity contribution in [2.75, 3.05) is 18.8 Å². The number of benzene rings is 1. The van der Waals surface area contributed by atoms with Crippen molar-refractivity contribution in [3.8, 4) is 0 Å². The number of hydrogen-bond acceptors (Lipinski definition) is 3. The molecular weight excluding hydrogens is 210 g/mol. The van der Waals surface area contributed by atoms with Crippen molar-refractivity contribution < 1.29 is 0 Å². The fourth-order valence-electron chi connectivity index (χ4n) is 2.61. The first-order chi connectivity index (χ1) is 8.15. The number of rotatable bonds is 3. The minimum atomic E-state index is 0.304. The molecule has 2 rings (SSSR count). The molecule has 1 aliphatic rings. The van der Waals surface area contributed by atoms with Gasteiger partial charge in [-0.3, -0.25) is 4.90 Å². The van der Waals surface area contributed by atoms with Crippen molar-refractivity contribution in [3.05, 3.63) is 29.8 Å². The standard InChI is InChI=1S/C14H23N3/c1-11(15)13-5-3-7-17(10-13)9-12-4-2-6-14(16)8-12/h2,4,6,8,11,13H,3,5,7,9-10,15-16H2,1H3. The lowest BCUT2D eigenvalue weighted by Gasteiger charge is -2.34. The van der Waals surface area contributed by atoms with Gasteiger partial charge in [0, 0.05) is 24.8 Å². The van der Waals surface area contributed by atoms with E-state index < -0.39 is 0 Å². The van der Waals surface area contributed by atoms with Crippen LogP contribution in [0.3, 0.4) is 0 Å². The predicted molar refractivity (Wildman–Crippen MR) is 72.5 cm³/mol. The summed E-state index contributed by atoms with van der Waals surface area (Å²) in [5.41, 5.74) is 14.0. The lowest BCUT2D eigenvalue weighted by molar-refractivity contribution is 0.154. The Bertz CT molecular complexity index is 362. The molecule has 1 aliphatic heterocycles. The van der Waals surface area contributed by atoms with Gasteiger partial charge in [0.25, 0.3) is 0 Å². The first-order valence-corrected chi connectivity index (χ1v) is 6.47. The van der Waals surface area contributed by atoms with Gasteiger partial charge in [-0.05, 0) is 49.9 Å². The van der Waals surface area contributed by atoms with E-state index >= 15 is 0 Å². The fraction of sp³-hybridized carbons (Fsp3) is 0.571. The molecule has 0 saturated carbocycles. The summed E-state index contributed by atoms with van der Waals surface area (Å²) in [6, 6.07) is 8.47.